The molecule has 1 atom stereocenters. The molecule has 1 unspecified atom stereocenters. The van der Waals surface area contributed by atoms with E-state index in [-0.39, 0.29) is 5.91 Å². The minimum atomic E-state index is -0.462. The summed E-state index contributed by atoms with van der Waals surface area (Å²) in [6, 6.07) is 9.81. The Morgan fingerprint density at radius 1 is 1.27 bits per heavy atom. The molecule has 4 nitrogen and oxygen atoms in total. The van der Waals surface area contributed by atoms with Crippen LogP contribution in [-0.2, 0) is 9.53 Å². The number of likely N-dealkylation sites (tertiary alicyclic amines) is 1. The number of carbonyl (C=O) groups is 1. The van der Waals surface area contributed by atoms with Crippen LogP contribution in [0.1, 0.15) is 38.4 Å². The molecule has 1 amide bonds. The van der Waals surface area contributed by atoms with Gasteiger partial charge in [0.15, 0.2) is 6.10 Å². The topological polar surface area (TPSA) is 41.6 Å². The number of amides is 1. The van der Waals surface area contributed by atoms with Gasteiger partial charge in [0.05, 0.1) is 0 Å². The van der Waals surface area contributed by atoms with Gasteiger partial charge in [-0.15, -0.1) is 0 Å². The number of nitrogens with one attached hydrogen (secondary N) is 1. The van der Waals surface area contributed by atoms with E-state index in [1.165, 1.54) is 0 Å². The Kier molecular flexibility index (Phi) is 6.87. The standard InChI is InChI=1S/C18H28N2O2/c1-3-19-14-15-10-12-20(13-11-15)18(21)17(22-4-2)16-8-6-5-7-9-16/h5-9,15,17,19H,3-4,10-14H2,1-2H3. The first-order valence-electron chi connectivity index (χ1n) is 8.42. The van der Waals surface area contributed by atoms with Gasteiger partial charge in [0, 0.05) is 19.7 Å². The third kappa shape index (κ3) is 4.55. The summed E-state index contributed by atoms with van der Waals surface area (Å²) in [5, 5.41) is 3.40. The van der Waals surface area contributed by atoms with Crippen molar-refractivity contribution in [1.29, 1.82) is 0 Å². The van der Waals surface area contributed by atoms with Crippen molar-refractivity contribution in [3.05, 3.63) is 35.9 Å². The lowest BCUT2D eigenvalue weighted by molar-refractivity contribution is -0.145. The zero-order valence-electron chi connectivity index (χ0n) is 13.8. The van der Waals surface area contributed by atoms with E-state index < -0.39 is 6.10 Å². The van der Waals surface area contributed by atoms with Gasteiger partial charge in [-0.1, -0.05) is 37.3 Å². The average molecular weight is 304 g/mol. The molecule has 0 aromatic heterocycles. The van der Waals surface area contributed by atoms with E-state index in [1.54, 1.807) is 0 Å². The van der Waals surface area contributed by atoms with Gasteiger partial charge in [0.1, 0.15) is 0 Å². The molecular weight excluding hydrogens is 276 g/mol. The molecule has 122 valence electrons. The van der Waals surface area contributed by atoms with Crippen LogP contribution in [-0.4, -0.2) is 43.6 Å². The molecule has 22 heavy (non-hydrogen) atoms. The van der Waals surface area contributed by atoms with E-state index in [0.29, 0.717) is 12.5 Å². The van der Waals surface area contributed by atoms with Crippen LogP contribution in [0.3, 0.4) is 0 Å². The lowest BCUT2D eigenvalue weighted by Crippen LogP contribution is -2.43. The van der Waals surface area contributed by atoms with E-state index in [4.69, 9.17) is 4.74 Å². The maximum Gasteiger partial charge on any atom is 0.256 e. The zero-order valence-corrected chi connectivity index (χ0v) is 13.8. The summed E-state index contributed by atoms with van der Waals surface area (Å²) >= 11 is 0. The molecule has 2 rings (SSSR count). The molecule has 1 fully saturated rings. The summed E-state index contributed by atoms with van der Waals surface area (Å²) in [5.74, 6) is 0.793. The second kappa shape index (κ2) is 8.91. The number of piperidine rings is 1. The lowest BCUT2D eigenvalue weighted by Gasteiger charge is -2.34. The molecule has 0 saturated carbocycles. The maximum absolute atomic E-state index is 12.8. The molecule has 4 heteroatoms. The van der Waals surface area contributed by atoms with Gasteiger partial charge in [-0.2, -0.15) is 0 Å². The van der Waals surface area contributed by atoms with Crippen LogP contribution in [0.5, 0.6) is 0 Å². The molecule has 0 spiro atoms. The molecule has 1 aliphatic heterocycles. The van der Waals surface area contributed by atoms with Crippen LogP contribution in [0.25, 0.3) is 0 Å². The maximum atomic E-state index is 12.8. The van der Waals surface area contributed by atoms with Gasteiger partial charge in [-0.05, 0) is 44.3 Å². The van der Waals surface area contributed by atoms with Crippen LogP contribution in [0.2, 0.25) is 0 Å². The van der Waals surface area contributed by atoms with Crippen molar-refractivity contribution in [3.63, 3.8) is 0 Å². The van der Waals surface area contributed by atoms with Crippen molar-refractivity contribution < 1.29 is 9.53 Å². The highest BCUT2D eigenvalue weighted by atomic mass is 16.5. The van der Waals surface area contributed by atoms with E-state index in [2.05, 4.69) is 12.2 Å². The van der Waals surface area contributed by atoms with Gasteiger partial charge in [0.2, 0.25) is 0 Å². The van der Waals surface area contributed by atoms with Gasteiger partial charge >= 0.3 is 0 Å². The second-order valence-corrected chi connectivity index (χ2v) is 5.82. The summed E-state index contributed by atoms with van der Waals surface area (Å²) in [6.45, 7) is 8.36. The molecule has 1 aromatic carbocycles. The van der Waals surface area contributed by atoms with Gasteiger partial charge in [0.25, 0.3) is 5.91 Å². The Labute approximate surface area is 133 Å². The number of rotatable bonds is 7. The fraction of sp³-hybridized carbons (Fsp3) is 0.611. The Morgan fingerprint density at radius 2 is 1.95 bits per heavy atom. The Hall–Kier alpha value is -1.39. The van der Waals surface area contributed by atoms with Crippen molar-refractivity contribution in [2.24, 2.45) is 5.92 Å². The Morgan fingerprint density at radius 3 is 2.55 bits per heavy atom. The van der Waals surface area contributed by atoms with Gasteiger partial charge in [-0.25, -0.2) is 0 Å². The molecule has 0 aliphatic carbocycles. The van der Waals surface area contributed by atoms with Crippen molar-refractivity contribution in [1.82, 2.24) is 10.2 Å². The summed E-state index contributed by atoms with van der Waals surface area (Å²) < 4.78 is 5.73. The third-order valence-corrected chi connectivity index (χ3v) is 4.27. The van der Waals surface area contributed by atoms with Gasteiger partial charge in [-0.3, -0.25) is 4.79 Å². The minimum Gasteiger partial charge on any atom is -0.364 e. The van der Waals surface area contributed by atoms with Gasteiger partial charge < -0.3 is 15.0 Å². The number of hydrogen-bond acceptors (Lipinski definition) is 3. The average Bonchev–Trinajstić information content (AvgIpc) is 2.58. The normalized spacial score (nSPS) is 17.5. The Balaban J connectivity index is 1.94. The zero-order chi connectivity index (χ0) is 15.8. The number of carbonyl (C=O) groups excluding carboxylic acids is 1. The predicted molar refractivity (Wildman–Crippen MR) is 88.7 cm³/mol. The van der Waals surface area contributed by atoms with Crippen molar-refractivity contribution in [3.8, 4) is 0 Å². The first kappa shape index (κ1) is 17.0. The van der Waals surface area contributed by atoms with E-state index in [0.717, 1.165) is 44.6 Å². The van der Waals surface area contributed by atoms with Crippen molar-refractivity contribution in [2.45, 2.75) is 32.8 Å². The fourth-order valence-electron chi connectivity index (χ4n) is 2.98. The van der Waals surface area contributed by atoms with Crippen LogP contribution in [0.15, 0.2) is 30.3 Å². The molecule has 1 N–H and O–H groups in total. The molecule has 1 aromatic rings. The van der Waals surface area contributed by atoms with Crippen molar-refractivity contribution in [2.75, 3.05) is 32.8 Å². The number of benzene rings is 1. The fourth-order valence-corrected chi connectivity index (χ4v) is 2.98. The highest BCUT2D eigenvalue weighted by molar-refractivity contribution is 5.82. The highest BCUT2D eigenvalue weighted by Gasteiger charge is 2.29. The largest absolute Gasteiger partial charge is 0.364 e. The molecule has 1 aliphatic rings. The van der Waals surface area contributed by atoms with Crippen LogP contribution in [0.4, 0.5) is 0 Å². The van der Waals surface area contributed by atoms with Crippen LogP contribution < -0.4 is 5.32 Å². The third-order valence-electron chi connectivity index (χ3n) is 4.27. The van der Waals surface area contributed by atoms with E-state index in [1.807, 2.05) is 42.2 Å². The number of ether oxygens (including phenoxy) is 1. The van der Waals surface area contributed by atoms with E-state index >= 15 is 0 Å². The van der Waals surface area contributed by atoms with E-state index in [9.17, 15) is 4.79 Å². The quantitative estimate of drug-likeness (QED) is 0.842. The van der Waals surface area contributed by atoms with Crippen LogP contribution in [0, 0.1) is 5.92 Å². The van der Waals surface area contributed by atoms with Crippen LogP contribution >= 0.6 is 0 Å². The van der Waals surface area contributed by atoms with Crippen molar-refractivity contribution >= 4 is 5.91 Å². The predicted octanol–water partition coefficient (Wildman–Crippen LogP) is 2.61. The summed E-state index contributed by atoms with van der Waals surface area (Å²) in [4.78, 5) is 14.8. The first-order valence-corrected chi connectivity index (χ1v) is 8.42. The summed E-state index contributed by atoms with van der Waals surface area (Å²) in [5.41, 5.74) is 0.948. The molecule has 0 radical (unpaired) electrons. The summed E-state index contributed by atoms with van der Waals surface area (Å²) in [6.07, 6.45) is 1.69. The Bertz CT molecular complexity index is 442. The molecule has 1 saturated heterocycles. The second-order valence-electron chi connectivity index (χ2n) is 5.82. The minimum absolute atomic E-state index is 0.106. The molecule has 1 heterocycles. The number of nitrogens with zero attached hydrogens (tertiary/aromatic N) is 1. The first-order chi connectivity index (χ1) is 10.8. The molecular formula is C18H28N2O2. The smallest absolute Gasteiger partial charge is 0.256 e. The monoisotopic (exact) mass is 304 g/mol. The lowest BCUT2D eigenvalue weighted by atomic mass is 9.96. The highest BCUT2D eigenvalue weighted by Crippen LogP contribution is 2.24. The molecule has 0 bridgehead atoms. The SMILES string of the molecule is CCNCC1CCN(C(=O)C(OCC)c2ccccc2)CC1. The number of hydrogen-bond donors (Lipinski definition) is 1. The summed E-state index contributed by atoms with van der Waals surface area (Å²) in [7, 11) is 0.